The van der Waals surface area contributed by atoms with Gasteiger partial charge < -0.3 is 9.47 Å². The number of ether oxygens (including phenoxy) is 2. The Labute approximate surface area is 159 Å². The molecular weight excluding hydrogens is 351 g/mol. The molecule has 146 valence electrons. The summed E-state index contributed by atoms with van der Waals surface area (Å²) in [5, 5.41) is 0. The standard InChI is InChI=1S/C21H25FO5/c1-7-8-13-12(4)17(10-16(13)23)27-20(25)18-14(21(18,5)6)9-15(22)19(24)26-11(2)3/h1,9,11,14,17-18H,8,10H2,2-6H3/b15-9+/t14-,17-,18-/m0/s1. The summed E-state index contributed by atoms with van der Waals surface area (Å²) in [4.78, 5) is 36.2. The highest BCUT2D eigenvalue weighted by Gasteiger charge is 2.62. The van der Waals surface area contributed by atoms with Gasteiger partial charge in [0.05, 0.1) is 18.4 Å². The topological polar surface area (TPSA) is 69.7 Å². The first kappa shape index (κ1) is 20.9. The number of Topliss-reactive ketones (excluding diaryl/α,β-unsaturated/α-hetero) is 1. The highest BCUT2D eigenvalue weighted by atomic mass is 19.1. The van der Waals surface area contributed by atoms with Crippen LogP contribution in [0.5, 0.6) is 0 Å². The molecule has 0 N–H and O–H groups in total. The first-order valence-corrected chi connectivity index (χ1v) is 8.95. The van der Waals surface area contributed by atoms with Crippen LogP contribution in [0, 0.1) is 29.6 Å². The van der Waals surface area contributed by atoms with E-state index in [1.807, 2.05) is 0 Å². The molecule has 0 aromatic heterocycles. The Morgan fingerprint density at radius 3 is 2.59 bits per heavy atom. The third-order valence-corrected chi connectivity index (χ3v) is 5.23. The number of terminal acetylenes is 1. The van der Waals surface area contributed by atoms with Gasteiger partial charge in [0.25, 0.3) is 0 Å². The maximum atomic E-state index is 14.0. The number of carbonyl (C=O) groups excluding carboxylic acids is 3. The van der Waals surface area contributed by atoms with Crippen LogP contribution < -0.4 is 0 Å². The molecule has 6 heteroatoms. The molecule has 0 radical (unpaired) electrons. The molecule has 2 rings (SSSR count). The summed E-state index contributed by atoms with van der Waals surface area (Å²) in [6.07, 6.45) is 5.62. The Hall–Kier alpha value is -2.42. The number of ketones is 1. The predicted molar refractivity (Wildman–Crippen MR) is 96.8 cm³/mol. The van der Waals surface area contributed by atoms with Crippen molar-refractivity contribution in [3.8, 4) is 12.3 Å². The van der Waals surface area contributed by atoms with Crippen molar-refractivity contribution >= 4 is 17.7 Å². The molecule has 5 nitrogen and oxygen atoms in total. The lowest BCUT2D eigenvalue weighted by Gasteiger charge is -2.13. The third-order valence-electron chi connectivity index (χ3n) is 5.23. The summed E-state index contributed by atoms with van der Waals surface area (Å²) in [7, 11) is 0. The molecule has 1 fully saturated rings. The number of hydrogen-bond acceptors (Lipinski definition) is 5. The molecule has 0 amide bonds. The minimum atomic E-state index is -1.04. The number of rotatable bonds is 6. The minimum Gasteiger partial charge on any atom is -0.458 e. The highest BCUT2D eigenvalue weighted by Crippen LogP contribution is 2.60. The smallest absolute Gasteiger partial charge is 0.367 e. The van der Waals surface area contributed by atoms with E-state index in [2.05, 4.69) is 5.92 Å². The molecule has 2 aliphatic rings. The van der Waals surface area contributed by atoms with Gasteiger partial charge in [-0.15, -0.1) is 12.3 Å². The van der Waals surface area contributed by atoms with E-state index in [0.29, 0.717) is 11.1 Å². The Morgan fingerprint density at radius 1 is 1.41 bits per heavy atom. The van der Waals surface area contributed by atoms with E-state index in [9.17, 15) is 18.8 Å². The van der Waals surface area contributed by atoms with Crippen LogP contribution in [0.15, 0.2) is 23.0 Å². The number of esters is 2. The Balaban J connectivity index is 2.06. The number of halogens is 1. The Bertz CT molecular complexity index is 766. The van der Waals surface area contributed by atoms with Crippen LogP contribution in [0.25, 0.3) is 0 Å². The van der Waals surface area contributed by atoms with Crippen molar-refractivity contribution in [2.75, 3.05) is 0 Å². The minimum absolute atomic E-state index is 0.0807. The number of allylic oxidation sites excluding steroid dienone is 2. The first-order chi connectivity index (χ1) is 12.5. The van der Waals surface area contributed by atoms with Gasteiger partial charge in [-0.3, -0.25) is 9.59 Å². The maximum absolute atomic E-state index is 14.0. The van der Waals surface area contributed by atoms with Gasteiger partial charge in [-0.05, 0) is 43.8 Å². The maximum Gasteiger partial charge on any atom is 0.367 e. The SMILES string of the molecule is C#CCC1=C(C)[C@@H](OC(=O)[C@@H]2[C@H](/C=C(/F)C(=O)OC(C)C)C2(C)C)CC1=O. The van der Waals surface area contributed by atoms with Crippen LogP contribution in [-0.2, 0) is 23.9 Å². The molecule has 1 saturated carbocycles. The van der Waals surface area contributed by atoms with E-state index in [4.69, 9.17) is 15.9 Å². The Kier molecular flexibility index (Phi) is 5.94. The lowest BCUT2D eigenvalue weighted by Crippen LogP contribution is -2.20. The summed E-state index contributed by atoms with van der Waals surface area (Å²) < 4.78 is 24.4. The molecule has 0 spiro atoms. The van der Waals surface area contributed by atoms with Gasteiger partial charge in [0, 0.05) is 12.0 Å². The second kappa shape index (κ2) is 7.67. The normalized spacial score (nSPS) is 26.8. The zero-order valence-corrected chi connectivity index (χ0v) is 16.3. The van der Waals surface area contributed by atoms with Crippen LogP contribution >= 0.6 is 0 Å². The predicted octanol–water partition coefficient (Wildman–Crippen LogP) is 3.29. The van der Waals surface area contributed by atoms with Crippen LogP contribution in [0.2, 0.25) is 0 Å². The van der Waals surface area contributed by atoms with Gasteiger partial charge in [-0.25, -0.2) is 4.79 Å². The first-order valence-electron chi connectivity index (χ1n) is 8.95. The zero-order valence-electron chi connectivity index (χ0n) is 16.3. The fraction of sp³-hybridized carbons (Fsp3) is 0.571. The number of carbonyl (C=O) groups is 3. The van der Waals surface area contributed by atoms with Crippen molar-refractivity contribution in [2.24, 2.45) is 17.3 Å². The lowest BCUT2D eigenvalue weighted by molar-refractivity contribution is -0.150. The van der Waals surface area contributed by atoms with Gasteiger partial charge in [0.2, 0.25) is 5.83 Å². The summed E-state index contributed by atoms with van der Waals surface area (Å²) in [6, 6.07) is 0. The second-order valence-electron chi connectivity index (χ2n) is 7.89. The van der Waals surface area contributed by atoms with Crippen molar-refractivity contribution in [2.45, 2.75) is 59.7 Å². The summed E-state index contributed by atoms with van der Waals surface area (Å²) in [5.41, 5.74) is 0.641. The highest BCUT2D eigenvalue weighted by molar-refractivity contribution is 6.00. The van der Waals surface area contributed by atoms with Crippen LogP contribution in [0.1, 0.15) is 47.5 Å². The molecule has 0 bridgehead atoms. The van der Waals surface area contributed by atoms with Crippen molar-refractivity contribution < 1.29 is 28.2 Å². The molecule has 0 aliphatic heterocycles. The van der Waals surface area contributed by atoms with Crippen molar-refractivity contribution in [1.29, 1.82) is 0 Å². The summed E-state index contributed by atoms with van der Waals surface area (Å²) in [6.45, 7) is 8.58. The molecule has 27 heavy (non-hydrogen) atoms. The molecule has 0 unspecified atom stereocenters. The molecular formula is C21H25FO5. The monoisotopic (exact) mass is 376 g/mol. The van der Waals surface area contributed by atoms with Crippen LogP contribution in [-0.4, -0.2) is 29.9 Å². The van der Waals surface area contributed by atoms with Crippen molar-refractivity contribution in [3.05, 3.63) is 23.0 Å². The van der Waals surface area contributed by atoms with Gasteiger partial charge in [-0.1, -0.05) is 13.8 Å². The molecule has 3 atom stereocenters. The fourth-order valence-electron chi connectivity index (χ4n) is 3.48. The van der Waals surface area contributed by atoms with E-state index < -0.39 is 47.2 Å². The van der Waals surface area contributed by atoms with Crippen LogP contribution in [0.3, 0.4) is 0 Å². The fourth-order valence-corrected chi connectivity index (χ4v) is 3.48. The van der Waals surface area contributed by atoms with Gasteiger partial charge in [0.15, 0.2) is 5.78 Å². The van der Waals surface area contributed by atoms with E-state index in [1.165, 1.54) is 0 Å². The third kappa shape index (κ3) is 4.29. The molecule has 2 aliphatic carbocycles. The average Bonchev–Trinajstić information content (AvgIpc) is 2.99. The molecule has 0 aromatic carbocycles. The van der Waals surface area contributed by atoms with E-state index in [0.717, 1.165) is 6.08 Å². The molecule has 0 heterocycles. The van der Waals surface area contributed by atoms with Gasteiger partial charge in [0.1, 0.15) is 6.10 Å². The quantitative estimate of drug-likeness (QED) is 0.404. The zero-order chi connectivity index (χ0) is 20.5. The van der Waals surface area contributed by atoms with E-state index >= 15 is 0 Å². The van der Waals surface area contributed by atoms with Crippen molar-refractivity contribution in [3.63, 3.8) is 0 Å². The summed E-state index contributed by atoms with van der Waals surface area (Å²) in [5.74, 6) is -1.31. The average molecular weight is 376 g/mol. The molecule has 0 aromatic rings. The largest absolute Gasteiger partial charge is 0.458 e. The second-order valence-corrected chi connectivity index (χ2v) is 7.89. The van der Waals surface area contributed by atoms with Crippen molar-refractivity contribution in [1.82, 2.24) is 0 Å². The molecule has 0 saturated heterocycles. The lowest BCUT2D eigenvalue weighted by atomic mass is 10.1. The Morgan fingerprint density at radius 2 is 2.04 bits per heavy atom. The van der Waals surface area contributed by atoms with E-state index in [1.54, 1.807) is 34.6 Å². The van der Waals surface area contributed by atoms with Crippen LogP contribution in [0.4, 0.5) is 4.39 Å². The number of hydrogen-bond donors (Lipinski definition) is 0. The van der Waals surface area contributed by atoms with Gasteiger partial charge in [-0.2, -0.15) is 4.39 Å². The van der Waals surface area contributed by atoms with Gasteiger partial charge >= 0.3 is 11.9 Å². The summed E-state index contributed by atoms with van der Waals surface area (Å²) >= 11 is 0. The van der Waals surface area contributed by atoms with E-state index in [-0.39, 0.29) is 18.6 Å².